The van der Waals surface area contributed by atoms with Crippen LogP contribution in [-0.4, -0.2) is 24.3 Å². The van der Waals surface area contributed by atoms with Crippen molar-refractivity contribution >= 4 is 5.97 Å². The molecule has 27 heavy (non-hydrogen) atoms. The smallest absolute Gasteiger partial charge is 0.344 e. The van der Waals surface area contributed by atoms with Gasteiger partial charge in [0.1, 0.15) is 5.75 Å². The zero-order valence-electron chi connectivity index (χ0n) is 16.6. The first-order valence-electron chi connectivity index (χ1n) is 9.13. The summed E-state index contributed by atoms with van der Waals surface area (Å²) in [5.74, 6) is -0.474. The van der Waals surface area contributed by atoms with Gasteiger partial charge in [0.2, 0.25) is 0 Å². The number of carbonyl (C=O) groups is 1. The summed E-state index contributed by atoms with van der Waals surface area (Å²) in [4.78, 5) is 11.4. The number of phenols is 1. The fourth-order valence-electron chi connectivity index (χ4n) is 3.06. The average Bonchev–Trinajstić information content (AvgIpc) is 2.62. The van der Waals surface area contributed by atoms with Crippen LogP contribution < -0.4 is 4.74 Å². The number of aromatic hydroxyl groups is 1. The molecule has 146 valence electrons. The van der Waals surface area contributed by atoms with Crippen LogP contribution >= 0.6 is 0 Å². The van der Waals surface area contributed by atoms with Crippen LogP contribution in [-0.2, 0) is 16.0 Å². The lowest BCUT2D eigenvalue weighted by atomic mass is 9.92. The number of halogens is 1. The summed E-state index contributed by atoms with van der Waals surface area (Å²) in [6, 6.07) is 7.11. The maximum atomic E-state index is 14.7. The molecule has 0 atom stereocenters. The van der Waals surface area contributed by atoms with E-state index in [1.54, 1.807) is 26.0 Å². The maximum Gasteiger partial charge on any atom is 0.344 e. The van der Waals surface area contributed by atoms with Crippen LogP contribution in [0, 0.1) is 19.7 Å². The van der Waals surface area contributed by atoms with Crippen molar-refractivity contribution < 1.29 is 23.8 Å². The van der Waals surface area contributed by atoms with E-state index in [0.29, 0.717) is 12.0 Å². The molecule has 0 fully saturated rings. The third-order valence-corrected chi connectivity index (χ3v) is 4.57. The second kappa shape index (κ2) is 8.89. The largest absolute Gasteiger partial charge is 0.508 e. The predicted molar refractivity (Wildman–Crippen MR) is 103 cm³/mol. The lowest BCUT2D eigenvalue weighted by molar-refractivity contribution is -0.145. The Kier molecular flexibility index (Phi) is 6.83. The highest BCUT2D eigenvalue weighted by atomic mass is 19.1. The Balaban J connectivity index is 2.27. The van der Waals surface area contributed by atoms with Crippen molar-refractivity contribution in [2.45, 2.75) is 47.0 Å². The Bertz CT molecular complexity index is 828. The Hall–Kier alpha value is -2.56. The third kappa shape index (κ3) is 5.00. The third-order valence-electron chi connectivity index (χ3n) is 4.57. The normalized spacial score (nSPS) is 10.9. The molecule has 0 aliphatic carbocycles. The minimum atomic E-state index is -0.526. The molecule has 2 aromatic carbocycles. The number of carbonyl (C=O) groups excluding carboxylic acids is 1. The highest BCUT2D eigenvalue weighted by molar-refractivity contribution is 5.71. The number of hydrogen-bond donors (Lipinski definition) is 1. The van der Waals surface area contributed by atoms with Crippen LogP contribution in [0.4, 0.5) is 4.39 Å². The van der Waals surface area contributed by atoms with Crippen molar-refractivity contribution in [3.05, 3.63) is 57.9 Å². The predicted octanol–water partition coefficient (Wildman–Crippen LogP) is 4.80. The summed E-state index contributed by atoms with van der Waals surface area (Å²) < 4.78 is 24.8. The zero-order valence-corrected chi connectivity index (χ0v) is 16.6. The monoisotopic (exact) mass is 374 g/mol. The first-order valence-corrected chi connectivity index (χ1v) is 9.13. The van der Waals surface area contributed by atoms with Crippen molar-refractivity contribution in [2.24, 2.45) is 0 Å². The SMILES string of the molecule is CCOC(=O)COc1cc(C)c(Cc2ccc(O)c(C(C)C)c2)c(C)c1F. The van der Waals surface area contributed by atoms with E-state index in [2.05, 4.69) is 0 Å². The van der Waals surface area contributed by atoms with Gasteiger partial charge in [0.25, 0.3) is 0 Å². The first-order chi connectivity index (χ1) is 12.7. The van der Waals surface area contributed by atoms with E-state index in [0.717, 1.165) is 22.3 Å². The number of hydrogen-bond acceptors (Lipinski definition) is 4. The van der Waals surface area contributed by atoms with Gasteiger partial charge in [0.05, 0.1) is 6.61 Å². The average molecular weight is 374 g/mol. The molecule has 2 rings (SSSR count). The second-order valence-corrected chi connectivity index (χ2v) is 6.93. The number of phenolic OH excluding ortho intramolecular Hbond substituents is 1. The van der Waals surface area contributed by atoms with Gasteiger partial charge in [0, 0.05) is 0 Å². The lowest BCUT2D eigenvalue weighted by Crippen LogP contribution is -2.15. The summed E-state index contributed by atoms with van der Waals surface area (Å²) in [7, 11) is 0. The number of benzene rings is 2. The molecule has 2 aromatic rings. The van der Waals surface area contributed by atoms with E-state index >= 15 is 0 Å². The van der Waals surface area contributed by atoms with Gasteiger partial charge in [-0.3, -0.25) is 0 Å². The Morgan fingerprint density at radius 2 is 1.93 bits per heavy atom. The van der Waals surface area contributed by atoms with E-state index in [4.69, 9.17) is 9.47 Å². The molecular weight excluding hydrogens is 347 g/mol. The first kappa shape index (κ1) is 20.7. The zero-order chi connectivity index (χ0) is 20.1. The minimum absolute atomic E-state index is 0.0513. The molecule has 0 saturated heterocycles. The van der Waals surface area contributed by atoms with Gasteiger partial charge in [-0.25, -0.2) is 9.18 Å². The van der Waals surface area contributed by atoms with Gasteiger partial charge >= 0.3 is 5.97 Å². The highest BCUT2D eigenvalue weighted by Crippen LogP contribution is 2.31. The maximum absolute atomic E-state index is 14.7. The minimum Gasteiger partial charge on any atom is -0.508 e. The highest BCUT2D eigenvalue weighted by Gasteiger charge is 2.17. The Labute approximate surface area is 159 Å². The number of esters is 1. The van der Waals surface area contributed by atoms with Crippen molar-refractivity contribution in [2.75, 3.05) is 13.2 Å². The van der Waals surface area contributed by atoms with Crippen molar-refractivity contribution in [3.8, 4) is 11.5 Å². The van der Waals surface area contributed by atoms with Gasteiger partial charge < -0.3 is 14.6 Å². The topological polar surface area (TPSA) is 55.8 Å². The van der Waals surface area contributed by atoms with Gasteiger partial charge in [0.15, 0.2) is 18.2 Å². The molecule has 0 spiro atoms. The van der Waals surface area contributed by atoms with Crippen LogP contribution in [0.25, 0.3) is 0 Å². The van der Waals surface area contributed by atoms with Crippen LogP contribution in [0.15, 0.2) is 24.3 Å². The standard InChI is InChI=1S/C22H27FO4/c1-6-26-21(25)12-27-20-9-14(4)18(15(5)22(20)23)11-16-7-8-19(24)17(10-16)13(2)3/h7-10,13,24H,6,11-12H2,1-5H3. The van der Waals surface area contributed by atoms with Gasteiger partial charge in [-0.05, 0) is 73.1 Å². The molecule has 0 aliphatic rings. The molecule has 0 amide bonds. The molecule has 0 heterocycles. The van der Waals surface area contributed by atoms with E-state index in [1.165, 1.54) is 0 Å². The Morgan fingerprint density at radius 3 is 2.56 bits per heavy atom. The molecule has 0 bridgehead atoms. The number of aryl methyl sites for hydroxylation is 1. The molecule has 0 saturated carbocycles. The molecule has 1 N–H and O–H groups in total. The summed E-state index contributed by atoms with van der Waals surface area (Å²) >= 11 is 0. The summed E-state index contributed by atoms with van der Waals surface area (Å²) in [5, 5.41) is 9.99. The fourth-order valence-corrected chi connectivity index (χ4v) is 3.06. The van der Waals surface area contributed by atoms with Crippen LogP contribution in [0.3, 0.4) is 0 Å². The van der Waals surface area contributed by atoms with E-state index in [1.807, 2.05) is 32.9 Å². The van der Waals surface area contributed by atoms with E-state index in [-0.39, 0.29) is 30.6 Å². The van der Waals surface area contributed by atoms with Gasteiger partial charge in [-0.2, -0.15) is 0 Å². The molecule has 0 unspecified atom stereocenters. The number of rotatable bonds is 7. The summed E-state index contributed by atoms with van der Waals surface area (Å²) in [5.41, 5.74) is 4.12. The lowest BCUT2D eigenvalue weighted by Gasteiger charge is -2.16. The van der Waals surface area contributed by atoms with Gasteiger partial charge in [-0.15, -0.1) is 0 Å². The van der Waals surface area contributed by atoms with Crippen molar-refractivity contribution in [1.82, 2.24) is 0 Å². The number of ether oxygens (including phenoxy) is 2. The molecule has 4 nitrogen and oxygen atoms in total. The van der Waals surface area contributed by atoms with Crippen molar-refractivity contribution in [3.63, 3.8) is 0 Å². The molecule has 0 radical (unpaired) electrons. The van der Waals surface area contributed by atoms with Crippen LogP contribution in [0.5, 0.6) is 11.5 Å². The fraction of sp³-hybridized carbons (Fsp3) is 0.409. The molecule has 5 heteroatoms. The van der Waals surface area contributed by atoms with Gasteiger partial charge in [-0.1, -0.05) is 26.0 Å². The Morgan fingerprint density at radius 1 is 1.22 bits per heavy atom. The molecule has 0 aliphatic heterocycles. The second-order valence-electron chi connectivity index (χ2n) is 6.93. The van der Waals surface area contributed by atoms with Crippen LogP contribution in [0.2, 0.25) is 0 Å². The molecule has 0 aromatic heterocycles. The quantitative estimate of drug-likeness (QED) is 0.707. The van der Waals surface area contributed by atoms with E-state index < -0.39 is 11.8 Å². The van der Waals surface area contributed by atoms with Crippen molar-refractivity contribution in [1.29, 1.82) is 0 Å². The summed E-state index contributed by atoms with van der Waals surface area (Å²) in [6.45, 7) is 9.28. The summed E-state index contributed by atoms with van der Waals surface area (Å²) in [6.07, 6.45) is 0.548. The van der Waals surface area contributed by atoms with Crippen LogP contribution in [0.1, 0.15) is 54.5 Å². The van der Waals surface area contributed by atoms with E-state index in [9.17, 15) is 14.3 Å². The molecular formula is C22H27FO4.